The van der Waals surface area contributed by atoms with Gasteiger partial charge in [0, 0.05) is 12.1 Å². The highest BCUT2D eigenvalue weighted by atomic mass is 35.5. The Balaban J connectivity index is 2.31. The molecule has 0 aliphatic carbocycles. The molecule has 1 aliphatic rings. The van der Waals surface area contributed by atoms with Gasteiger partial charge in [-0.2, -0.15) is 0 Å². The molecule has 0 bridgehead atoms. The molecule has 2 rings (SSSR count). The van der Waals surface area contributed by atoms with E-state index in [9.17, 15) is 4.79 Å². The first kappa shape index (κ1) is 10.5. The number of benzene rings is 1. The zero-order chi connectivity index (χ0) is 10.8. The maximum absolute atomic E-state index is 11.3. The summed E-state index contributed by atoms with van der Waals surface area (Å²) in [6, 6.07) is 5.32. The number of amides is 1. The van der Waals surface area contributed by atoms with Gasteiger partial charge in [-0.3, -0.25) is 4.79 Å². The Morgan fingerprint density at radius 1 is 1.27 bits per heavy atom. The molecule has 1 aromatic rings. The average molecular weight is 242 g/mol. The van der Waals surface area contributed by atoms with E-state index >= 15 is 0 Å². The number of rotatable bonds is 1. The highest BCUT2D eigenvalue weighted by Gasteiger charge is 2.15. The monoisotopic (exact) mass is 241 g/mol. The molecule has 2 nitrogen and oxygen atoms in total. The Morgan fingerprint density at radius 2 is 2.07 bits per heavy atom. The molecule has 0 radical (unpaired) electrons. The lowest BCUT2D eigenvalue weighted by Crippen LogP contribution is -2.13. The van der Waals surface area contributed by atoms with E-state index in [2.05, 4.69) is 5.32 Å². The summed E-state index contributed by atoms with van der Waals surface area (Å²) in [5, 5.41) is 3.78. The van der Waals surface area contributed by atoms with Crippen LogP contribution in [0.3, 0.4) is 0 Å². The fourth-order valence-electron chi connectivity index (χ4n) is 1.48. The van der Waals surface area contributed by atoms with Crippen LogP contribution in [0.2, 0.25) is 10.0 Å². The molecule has 1 fully saturated rings. The summed E-state index contributed by atoms with van der Waals surface area (Å²) in [5.74, 6) is 0.000993. The second kappa shape index (κ2) is 4.25. The summed E-state index contributed by atoms with van der Waals surface area (Å²) in [7, 11) is 0. The van der Waals surface area contributed by atoms with E-state index in [-0.39, 0.29) is 5.91 Å². The number of nitrogens with one attached hydrogen (secondary N) is 1. The molecule has 0 aromatic heterocycles. The van der Waals surface area contributed by atoms with Crippen LogP contribution in [0.15, 0.2) is 23.8 Å². The van der Waals surface area contributed by atoms with Crippen molar-refractivity contribution in [3.05, 3.63) is 39.4 Å². The summed E-state index contributed by atoms with van der Waals surface area (Å²) in [6.45, 7) is 0.714. The van der Waals surface area contributed by atoms with Crippen molar-refractivity contribution in [1.29, 1.82) is 0 Å². The number of hydrogen-bond acceptors (Lipinski definition) is 1. The van der Waals surface area contributed by atoms with Gasteiger partial charge in [0.1, 0.15) is 0 Å². The lowest BCUT2D eigenvalue weighted by Gasteiger charge is -1.99. The minimum Gasteiger partial charge on any atom is -0.352 e. The Hall–Kier alpha value is -0.990. The van der Waals surface area contributed by atoms with Crippen molar-refractivity contribution in [3.63, 3.8) is 0 Å². The van der Waals surface area contributed by atoms with Crippen molar-refractivity contribution in [2.75, 3.05) is 6.54 Å². The smallest absolute Gasteiger partial charge is 0.247 e. The first-order chi connectivity index (χ1) is 7.16. The Bertz CT molecular complexity index is 440. The molecule has 0 atom stereocenters. The SMILES string of the molecule is O=C1NCC/C1=C/c1ccc(Cl)c(Cl)c1. The van der Waals surface area contributed by atoms with Crippen molar-refractivity contribution in [2.45, 2.75) is 6.42 Å². The van der Waals surface area contributed by atoms with Crippen LogP contribution in [-0.4, -0.2) is 12.5 Å². The third kappa shape index (κ3) is 2.33. The molecule has 1 aliphatic heterocycles. The van der Waals surface area contributed by atoms with Crippen molar-refractivity contribution < 1.29 is 4.79 Å². The highest BCUT2D eigenvalue weighted by molar-refractivity contribution is 6.42. The minimum absolute atomic E-state index is 0.000993. The van der Waals surface area contributed by atoms with E-state index in [0.29, 0.717) is 16.6 Å². The van der Waals surface area contributed by atoms with Gasteiger partial charge in [0.2, 0.25) is 5.91 Å². The van der Waals surface area contributed by atoms with Crippen LogP contribution in [0.5, 0.6) is 0 Å². The van der Waals surface area contributed by atoms with Crippen LogP contribution < -0.4 is 5.32 Å². The Morgan fingerprint density at radius 3 is 2.67 bits per heavy atom. The first-order valence-electron chi connectivity index (χ1n) is 4.60. The third-order valence-corrected chi connectivity index (χ3v) is 3.00. The zero-order valence-corrected chi connectivity index (χ0v) is 9.40. The van der Waals surface area contributed by atoms with Gasteiger partial charge in [-0.15, -0.1) is 0 Å². The standard InChI is InChI=1S/C11H9Cl2NO/c12-9-2-1-7(6-10(9)13)5-8-3-4-14-11(8)15/h1-2,5-6H,3-4H2,(H,14,15)/b8-5-. The van der Waals surface area contributed by atoms with Crippen molar-refractivity contribution >= 4 is 35.2 Å². The van der Waals surface area contributed by atoms with Gasteiger partial charge < -0.3 is 5.32 Å². The Kier molecular flexibility index (Phi) is 2.98. The van der Waals surface area contributed by atoms with E-state index in [0.717, 1.165) is 17.6 Å². The molecule has 0 spiro atoms. The molecule has 1 saturated heterocycles. The van der Waals surface area contributed by atoms with Crippen LogP contribution in [0.4, 0.5) is 0 Å². The fraction of sp³-hybridized carbons (Fsp3) is 0.182. The minimum atomic E-state index is 0.000993. The van der Waals surface area contributed by atoms with Gasteiger partial charge >= 0.3 is 0 Å². The molecule has 1 amide bonds. The van der Waals surface area contributed by atoms with E-state index in [1.165, 1.54) is 0 Å². The lowest BCUT2D eigenvalue weighted by atomic mass is 10.1. The topological polar surface area (TPSA) is 29.1 Å². The molecule has 4 heteroatoms. The van der Waals surface area contributed by atoms with Crippen molar-refractivity contribution in [3.8, 4) is 0 Å². The summed E-state index contributed by atoms with van der Waals surface area (Å²) in [5.41, 5.74) is 1.69. The average Bonchev–Trinajstić information content (AvgIpc) is 2.59. The van der Waals surface area contributed by atoms with Crippen LogP contribution in [0.1, 0.15) is 12.0 Å². The molecule has 78 valence electrons. The fourth-order valence-corrected chi connectivity index (χ4v) is 1.79. The summed E-state index contributed by atoms with van der Waals surface area (Å²) in [4.78, 5) is 11.3. The van der Waals surface area contributed by atoms with Gasteiger partial charge in [-0.1, -0.05) is 29.3 Å². The molecule has 1 N–H and O–H groups in total. The summed E-state index contributed by atoms with van der Waals surface area (Å²) in [6.07, 6.45) is 2.60. The molecule has 1 aromatic carbocycles. The van der Waals surface area contributed by atoms with Crippen LogP contribution in [0.25, 0.3) is 6.08 Å². The van der Waals surface area contributed by atoms with Gasteiger partial charge in [0.05, 0.1) is 10.0 Å². The number of halogens is 2. The Labute approximate surface area is 97.9 Å². The molecule has 0 unspecified atom stereocenters. The maximum Gasteiger partial charge on any atom is 0.247 e. The van der Waals surface area contributed by atoms with Crippen molar-refractivity contribution in [1.82, 2.24) is 5.32 Å². The third-order valence-electron chi connectivity index (χ3n) is 2.26. The molecular weight excluding hydrogens is 233 g/mol. The second-order valence-corrected chi connectivity index (χ2v) is 4.16. The van der Waals surface area contributed by atoms with Gasteiger partial charge in [0.25, 0.3) is 0 Å². The summed E-state index contributed by atoms with van der Waals surface area (Å²) < 4.78 is 0. The predicted molar refractivity (Wildman–Crippen MR) is 62.1 cm³/mol. The molecule has 1 heterocycles. The van der Waals surface area contributed by atoms with E-state index in [1.807, 2.05) is 12.1 Å². The highest BCUT2D eigenvalue weighted by Crippen LogP contribution is 2.24. The van der Waals surface area contributed by atoms with Crippen LogP contribution >= 0.6 is 23.2 Å². The maximum atomic E-state index is 11.3. The predicted octanol–water partition coefficient (Wildman–Crippen LogP) is 2.90. The zero-order valence-electron chi connectivity index (χ0n) is 7.89. The molecule has 15 heavy (non-hydrogen) atoms. The number of carbonyl (C=O) groups excluding carboxylic acids is 1. The number of carbonyl (C=O) groups is 1. The lowest BCUT2D eigenvalue weighted by molar-refractivity contribution is -0.116. The van der Waals surface area contributed by atoms with Gasteiger partial charge in [-0.05, 0) is 30.2 Å². The molecular formula is C11H9Cl2NO. The van der Waals surface area contributed by atoms with E-state index < -0.39 is 0 Å². The summed E-state index contributed by atoms with van der Waals surface area (Å²) >= 11 is 11.7. The number of hydrogen-bond donors (Lipinski definition) is 1. The largest absolute Gasteiger partial charge is 0.352 e. The van der Waals surface area contributed by atoms with E-state index in [4.69, 9.17) is 23.2 Å². The van der Waals surface area contributed by atoms with Gasteiger partial charge in [0.15, 0.2) is 0 Å². The van der Waals surface area contributed by atoms with Crippen molar-refractivity contribution in [2.24, 2.45) is 0 Å². The van der Waals surface area contributed by atoms with Crippen LogP contribution in [0, 0.1) is 0 Å². The quantitative estimate of drug-likeness (QED) is 0.753. The van der Waals surface area contributed by atoms with Crippen LogP contribution in [-0.2, 0) is 4.79 Å². The normalized spacial score (nSPS) is 18.3. The first-order valence-corrected chi connectivity index (χ1v) is 5.36. The van der Waals surface area contributed by atoms with E-state index in [1.54, 1.807) is 12.1 Å². The van der Waals surface area contributed by atoms with Gasteiger partial charge in [-0.25, -0.2) is 0 Å². The second-order valence-electron chi connectivity index (χ2n) is 3.35. The molecule has 0 saturated carbocycles.